The normalized spacial score (nSPS) is 10.0. The van der Waals surface area contributed by atoms with E-state index in [0.717, 1.165) is 5.75 Å². The molecule has 0 fully saturated rings. The van der Waals surface area contributed by atoms with Gasteiger partial charge < -0.3 is 11.1 Å². The summed E-state index contributed by atoms with van der Waals surface area (Å²) < 4.78 is 0. The lowest BCUT2D eigenvalue weighted by molar-refractivity contribution is -0.120. The Balaban J connectivity index is 3.08. The Hall–Kier alpha value is -0.220. The van der Waals surface area contributed by atoms with Crippen LogP contribution in [0.1, 0.15) is 26.2 Å². The average molecular weight is 204 g/mol. The van der Waals surface area contributed by atoms with Crippen LogP contribution in [0.15, 0.2) is 0 Å². The van der Waals surface area contributed by atoms with Gasteiger partial charge in [-0.2, -0.15) is 11.8 Å². The molecule has 0 rings (SSSR count). The third-order valence-corrected chi connectivity index (χ3v) is 2.65. The molecule has 0 atom stereocenters. The van der Waals surface area contributed by atoms with Gasteiger partial charge in [-0.1, -0.05) is 13.3 Å². The van der Waals surface area contributed by atoms with Crippen molar-refractivity contribution in [1.82, 2.24) is 5.32 Å². The van der Waals surface area contributed by atoms with E-state index in [9.17, 15) is 4.79 Å². The molecule has 0 aliphatic rings. The van der Waals surface area contributed by atoms with Crippen LogP contribution in [0.3, 0.4) is 0 Å². The van der Waals surface area contributed by atoms with Crippen molar-refractivity contribution in [2.45, 2.75) is 26.2 Å². The van der Waals surface area contributed by atoms with Crippen molar-refractivity contribution in [3.63, 3.8) is 0 Å². The van der Waals surface area contributed by atoms with Crippen LogP contribution in [0.25, 0.3) is 0 Å². The second-order valence-electron chi connectivity index (χ2n) is 2.85. The van der Waals surface area contributed by atoms with Crippen molar-refractivity contribution in [1.29, 1.82) is 0 Å². The maximum atomic E-state index is 11.1. The van der Waals surface area contributed by atoms with Crippen LogP contribution in [0.4, 0.5) is 0 Å². The largest absolute Gasteiger partial charge is 0.355 e. The Morgan fingerprint density at radius 2 is 2.23 bits per heavy atom. The summed E-state index contributed by atoms with van der Waals surface area (Å²) in [7, 11) is 0. The molecule has 0 heterocycles. The summed E-state index contributed by atoms with van der Waals surface area (Å²) in [5, 5.41) is 2.75. The molecule has 0 unspecified atom stereocenters. The van der Waals surface area contributed by atoms with Gasteiger partial charge in [-0.3, -0.25) is 4.79 Å². The zero-order chi connectivity index (χ0) is 9.94. The van der Waals surface area contributed by atoms with E-state index >= 15 is 0 Å². The second kappa shape index (κ2) is 9.86. The average Bonchev–Trinajstić information content (AvgIpc) is 2.14. The predicted octanol–water partition coefficient (Wildman–Crippen LogP) is 0.985. The molecule has 0 aromatic rings. The lowest BCUT2D eigenvalue weighted by Gasteiger charge is -2.02. The highest BCUT2D eigenvalue weighted by atomic mass is 32.2. The predicted molar refractivity (Wildman–Crippen MR) is 58.9 cm³/mol. The first-order valence-corrected chi connectivity index (χ1v) is 6.01. The molecule has 0 saturated carbocycles. The standard InChI is InChI=1S/C9H20N2OS/c1-2-3-7-13-8-4-9(12)11-6-5-10/h2-8,10H2,1H3,(H,11,12). The van der Waals surface area contributed by atoms with Gasteiger partial charge in [0.15, 0.2) is 0 Å². The molecule has 0 aromatic carbocycles. The third-order valence-electron chi connectivity index (χ3n) is 1.58. The Morgan fingerprint density at radius 1 is 1.46 bits per heavy atom. The van der Waals surface area contributed by atoms with E-state index in [1.54, 1.807) is 0 Å². The van der Waals surface area contributed by atoms with E-state index in [1.165, 1.54) is 18.6 Å². The van der Waals surface area contributed by atoms with Crippen molar-refractivity contribution in [2.24, 2.45) is 5.73 Å². The molecular formula is C9H20N2OS. The van der Waals surface area contributed by atoms with Crippen molar-refractivity contribution in [2.75, 3.05) is 24.6 Å². The van der Waals surface area contributed by atoms with Crippen LogP contribution in [-0.2, 0) is 4.79 Å². The first kappa shape index (κ1) is 12.8. The molecule has 78 valence electrons. The molecular weight excluding hydrogens is 184 g/mol. The molecule has 0 saturated heterocycles. The zero-order valence-corrected chi connectivity index (χ0v) is 9.16. The molecule has 13 heavy (non-hydrogen) atoms. The topological polar surface area (TPSA) is 55.1 Å². The van der Waals surface area contributed by atoms with Crippen molar-refractivity contribution in [3.05, 3.63) is 0 Å². The number of unbranched alkanes of at least 4 members (excludes halogenated alkanes) is 1. The summed E-state index contributed by atoms with van der Waals surface area (Å²) in [4.78, 5) is 11.1. The van der Waals surface area contributed by atoms with Crippen molar-refractivity contribution < 1.29 is 4.79 Å². The molecule has 0 aliphatic heterocycles. The molecule has 0 aromatic heterocycles. The number of nitrogens with one attached hydrogen (secondary N) is 1. The van der Waals surface area contributed by atoms with Gasteiger partial charge in [0.05, 0.1) is 0 Å². The van der Waals surface area contributed by atoms with E-state index in [4.69, 9.17) is 5.73 Å². The van der Waals surface area contributed by atoms with Gasteiger partial charge in [0.2, 0.25) is 5.91 Å². The SMILES string of the molecule is CCCCSCCC(=O)NCCN. The van der Waals surface area contributed by atoms with Crippen LogP contribution < -0.4 is 11.1 Å². The van der Waals surface area contributed by atoms with E-state index in [0.29, 0.717) is 19.5 Å². The van der Waals surface area contributed by atoms with Crippen LogP contribution in [0.2, 0.25) is 0 Å². The van der Waals surface area contributed by atoms with Crippen LogP contribution in [-0.4, -0.2) is 30.5 Å². The second-order valence-corrected chi connectivity index (χ2v) is 4.08. The van der Waals surface area contributed by atoms with Gasteiger partial charge in [0, 0.05) is 25.3 Å². The van der Waals surface area contributed by atoms with Gasteiger partial charge in [-0.15, -0.1) is 0 Å². The summed E-state index contributed by atoms with van der Waals surface area (Å²) in [5.74, 6) is 2.21. The monoisotopic (exact) mass is 204 g/mol. The highest BCUT2D eigenvalue weighted by Crippen LogP contribution is 2.05. The number of nitrogens with two attached hydrogens (primary N) is 1. The minimum Gasteiger partial charge on any atom is -0.355 e. The fraction of sp³-hybridized carbons (Fsp3) is 0.889. The zero-order valence-electron chi connectivity index (χ0n) is 8.34. The van der Waals surface area contributed by atoms with E-state index < -0.39 is 0 Å². The van der Waals surface area contributed by atoms with Crippen molar-refractivity contribution in [3.8, 4) is 0 Å². The van der Waals surface area contributed by atoms with Gasteiger partial charge in [0.25, 0.3) is 0 Å². The van der Waals surface area contributed by atoms with Crippen molar-refractivity contribution >= 4 is 17.7 Å². The maximum absolute atomic E-state index is 11.1. The summed E-state index contributed by atoms with van der Waals surface area (Å²) in [5.41, 5.74) is 5.25. The van der Waals surface area contributed by atoms with Gasteiger partial charge >= 0.3 is 0 Å². The van der Waals surface area contributed by atoms with E-state index in [1.807, 2.05) is 11.8 Å². The molecule has 3 N–H and O–H groups in total. The van der Waals surface area contributed by atoms with E-state index in [2.05, 4.69) is 12.2 Å². The Labute approximate surface area is 84.8 Å². The fourth-order valence-electron chi connectivity index (χ4n) is 0.813. The van der Waals surface area contributed by atoms with E-state index in [-0.39, 0.29) is 5.91 Å². The lowest BCUT2D eigenvalue weighted by atomic mass is 10.4. The molecule has 4 heteroatoms. The lowest BCUT2D eigenvalue weighted by Crippen LogP contribution is -2.29. The third kappa shape index (κ3) is 9.70. The Kier molecular flexibility index (Phi) is 9.70. The summed E-state index contributed by atoms with van der Waals surface area (Å²) in [6.45, 7) is 3.29. The van der Waals surface area contributed by atoms with Gasteiger partial charge in [0.1, 0.15) is 0 Å². The number of thioether (sulfide) groups is 1. The van der Waals surface area contributed by atoms with Crippen LogP contribution in [0.5, 0.6) is 0 Å². The number of hydrogen-bond donors (Lipinski definition) is 2. The summed E-state index contributed by atoms with van der Waals surface area (Å²) in [6.07, 6.45) is 3.09. The first-order chi connectivity index (χ1) is 6.31. The number of amides is 1. The number of carbonyl (C=O) groups is 1. The molecule has 3 nitrogen and oxygen atoms in total. The quantitative estimate of drug-likeness (QED) is 0.580. The molecule has 1 amide bonds. The van der Waals surface area contributed by atoms with Gasteiger partial charge in [-0.25, -0.2) is 0 Å². The maximum Gasteiger partial charge on any atom is 0.220 e. The molecule has 0 aliphatic carbocycles. The number of carbonyl (C=O) groups excluding carboxylic acids is 1. The molecule has 0 radical (unpaired) electrons. The highest BCUT2D eigenvalue weighted by molar-refractivity contribution is 7.99. The molecule has 0 bridgehead atoms. The van der Waals surface area contributed by atoms with Crippen LogP contribution >= 0.6 is 11.8 Å². The van der Waals surface area contributed by atoms with Crippen LogP contribution in [0, 0.1) is 0 Å². The Bertz CT molecular complexity index is 131. The highest BCUT2D eigenvalue weighted by Gasteiger charge is 1.98. The number of hydrogen-bond acceptors (Lipinski definition) is 3. The molecule has 0 spiro atoms. The minimum absolute atomic E-state index is 0.120. The van der Waals surface area contributed by atoms with Gasteiger partial charge in [-0.05, 0) is 12.2 Å². The summed E-state index contributed by atoms with van der Waals surface area (Å²) >= 11 is 1.85. The fourth-order valence-corrected chi connectivity index (χ4v) is 1.84. The smallest absolute Gasteiger partial charge is 0.220 e. The first-order valence-electron chi connectivity index (χ1n) is 4.85. The Morgan fingerprint density at radius 3 is 2.85 bits per heavy atom. The summed E-state index contributed by atoms with van der Waals surface area (Å²) in [6, 6.07) is 0. The number of rotatable bonds is 8. The minimum atomic E-state index is 0.120.